The summed E-state index contributed by atoms with van der Waals surface area (Å²) in [6, 6.07) is 7.71. The summed E-state index contributed by atoms with van der Waals surface area (Å²) < 4.78 is 0. The molecule has 0 saturated carbocycles. The minimum absolute atomic E-state index is 0. The molecule has 0 bridgehead atoms. The number of pyridine rings is 1. The number of rotatable bonds is 3. The molecular formula is C16H19ClN2O. The number of carbonyl (C=O) groups is 1. The number of carbonyl (C=O) groups excluding carboxylic acids is 1. The highest BCUT2D eigenvalue weighted by Crippen LogP contribution is 2.15. The normalized spacial score (nSPS) is 9.75. The molecule has 1 N–H and O–H groups in total. The summed E-state index contributed by atoms with van der Waals surface area (Å²) in [4.78, 5) is 15.8. The smallest absolute Gasteiger partial charge is 0.251 e. The second kappa shape index (κ2) is 7.06. The fraction of sp³-hybridized carbons (Fsp3) is 0.250. The van der Waals surface area contributed by atoms with Crippen molar-refractivity contribution in [3.05, 3.63) is 64.5 Å². The van der Waals surface area contributed by atoms with E-state index < -0.39 is 0 Å². The molecule has 4 heteroatoms. The molecule has 0 fully saturated rings. The lowest BCUT2D eigenvalue weighted by Gasteiger charge is -2.11. The Bertz CT molecular complexity index is 597. The summed E-state index contributed by atoms with van der Waals surface area (Å²) in [6.45, 7) is 6.80. The topological polar surface area (TPSA) is 42.0 Å². The molecule has 0 unspecified atom stereocenters. The molecule has 0 aliphatic rings. The van der Waals surface area contributed by atoms with Gasteiger partial charge in [0.15, 0.2) is 0 Å². The van der Waals surface area contributed by atoms with Crippen molar-refractivity contribution in [3.8, 4) is 0 Å². The van der Waals surface area contributed by atoms with Crippen molar-refractivity contribution in [2.24, 2.45) is 0 Å². The Morgan fingerprint density at radius 2 is 1.65 bits per heavy atom. The summed E-state index contributed by atoms with van der Waals surface area (Å²) >= 11 is 0. The third-order valence-electron chi connectivity index (χ3n) is 3.33. The average molecular weight is 291 g/mol. The molecular weight excluding hydrogens is 272 g/mol. The van der Waals surface area contributed by atoms with Gasteiger partial charge in [-0.2, -0.15) is 0 Å². The van der Waals surface area contributed by atoms with Crippen LogP contribution in [0.15, 0.2) is 36.7 Å². The fourth-order valence-electron chi connectivity index (χ4n) is 1.99. The molecule has 0 aliphatic carbocycles. The van der Waals surface area contributed by atoms with Crippen molar-refractivity contribution in [2.45, 2.75) is 27.3 Å². The maximum absolute atomic E-state index is 11.9. The van der Waals surface area contributed by atoms with Gasteiger partial charge < -0.3 is 5.32 Å². The Kier molecular flexibility index (Phi) is 5.71. The van der Waals surface area contributed by atoms with E-state index in [9.17, 15) is 4.79 Å². The van der Waals surface area contributed by atoms with Crippen LogP contribution in [0.25, 0.3) is 0 Å². The van der Waals surface area contributed by atoms with E-state index in [0.29, 0.717) is 12.1 Å². The molecule has 0 atom stereocenters. The second-order valence-corrected chi connectivity index (χ2v) is 4.78. The third kappa shape index (κ3) is 3.81. The van der Waals surface area contributed by atoms with E-state index in [0.717, 1.165) is 5.56 Å². The number of hydrogen-bond donors (Lipinski definition) is 1. The van der Waals surface area contributed by atoms with Gasteiger partial charge in [0.2, 0.25) is 0 Å². The molecule has 0 saturated heterocycles. The minimum atomic E-state index is -0.0694. The lowest BCUT2D eigenvalue weighted by molar-refractivity contribution is 0.0951. The number of benzene rings is 1. The van der Waals surface area contributed by atoms with E-state index in [1.165, 1.54) is 16.7 Å². The maximum atomic E-state index is 11.9. The highest BCUT2D eigenvalue weighted by molar-refractivity contribution is 5.93. The van der Waals surface area contributed by atoms with Crippen LogP contribution in [0, 0.1) is 20.8 Å². The van der Waals surface area contributed by atoms with Crippen molar-refractivity contribution in [3.63, 3.8) is 0 Å². The quantitative estimate of drug-likeness (QED) is 0.942. The highest BCUT2D eigenvalue weighted by atomic mass is 35.5. The first-order valence-electron chi connectivity index (χ1n) is 6.33. The van der Waals surface area contributed by atoms with Crippen molar-refractivity contribution in [2.75, 3.05) is 0 Å². The van der Waals surface area contributed by atoms with Crippen molar-refractivity contribution in [1.82, 2.24) is 10.3 Å². The highest BCUT2D eigenvalue weighted by Gasteiger charge is 2.06. The number of nitrogens with zero attached hydrogens (tertiary/aromatic N) is 1. The van der Waals surface area contributed by atoms with Crippen LogP contribution in [0.2, 0.25) is 0 Å². The van der Waals surface area contributed by atoms with Gasteiger partial charge in [0.05, 0.1) is 0 Å². The Hall–Kier alpha value is -1.87. The maximum Gasteiger partial charge on any atom is 0.251 e. The van der Waals surface area contributed by atoms with Crippen molar-refractivity contribution < 1.29 is 4.79 Å². The standard InChI is InChI=1S/C16H18N2O.ClH/c1-11-8-13(3)15(9-12(11)2)10-18-16(19)14-4-6-17-7-5-14;/h4-9H,10H2,1-3H3,(H,18,19);1H. The first-order chi connectivity index (χ1) is 9.08. The molecule has 2 rings (SSSR count). The Labute approximate surface area is 125 Å². The molecule has 1 amide bonds. The molecule has 3 nitrogen and oxygen atoms in total. The fourth-order valence-corrected chi connectivity index (χ4v) is 1.99. The van der Waals surface area contributed by atoms with Crippen LogP contribution in [0.4, 0.5) is 0 Å². The molecule has 0 radical (unpaired) electrons. The number of hydrogen-bond acceptors (Lipinski definition) is 2. The van der Waals surface area contributed by atoms with Gasteiger partial charge in [-0.15, -0.1) is 12.4 Å². The molecule has 20 heavy (non-hydrogen) atoms. The van der Waals surface area contributed by atoms with E-state index >= 15 is 0 Å². The van der Waals surface area contributed by atoms with Gasteiger partial charge in [-0.3, -0.25) is 9.78 Å². The van der Waals surface area contributed by atoms with Gasteiger partial charge in [-0.25, -0.2) is 0 Å². The van der Waals surface area contributed by atoms with Gasteiger partial charge in [-0.1, -0.05) is 12.1 Å². The predicted octanol–water partition coefficient (Wildman–Crippen LogP) is 3.36. The second-order valence-electron chi connectivity index (χ2n) is 4.78. The SMILES string of the molecule is Cc1cc(C)c(CNC(=O)c2ccncc2)cc1C.Cl. The van der Waals surface area contributed by atoms with E-state index in [1.807, 2.05) is 0 Å². The summed E-state index contributed by atoms with van der Waals surface area (Å²) in [5.74, 6) is -0.0694. The summed E-state index contributed by atoms with van der Waals surface area (Å²) in [5.41, 5.74) is 5.53. The molecule has 106 valence electrons. The van der Waals surface area contributed by atoms with Gasteiger partial charge in [0.1, 0.15) is 0 Å². The number of halogens is 1. The van der Waals surface area contributed by atoms with Gasteiger partial charge in [-0.05, 0) is 55.2 Å². The zero-order valence-corrected chi connectivity index (χ0v) is 12.8. The van der Waals surface area contributed by atoms with Crippen LogP contribution in [0.1, 0.15) is 32.6 Å². The van der Waals surface area contributed by atoms with Crippen LogP contribution >= 0.6 is 12.4 Å². The number of aryl methyl sites for hydroxylation is 3. The Morgan fingerprint density at radius 3 is 2.30 bits per heavy atom. The van der Waals surface area contributed by atoms with Crippen LogP contribution in [0.5, 0.6) is 0 Å². The third-order valence-corrected chi connectivity index (χ3v) is 3.33. The zero-order chi connectivity index (χ0) is 13.8. The van der Waals surface area contributed by atoms with Crippen molar-refractivity contribution >= 4 is 18.3 Å². The van der Waals surface area contributed by atoms with Gasteiger partial charge >= 0.3 is 0 Å². The lowest BCUT2D eigenvalue weighted by Crippen LogP contribution is -2.23. The van der Waals surface area contributed by atoms with E-state index in [2.05, 4.69) is 43.2 Å². The molecule has 1 heterocycles. The van der Waals surface area contributed by atoms with E-state index in [4.69, 9.17) is 0 Å². The Morgan fingerprint density at radius 1 is 1.05 bits per heavy atom. The van der Waals surface area contributed by atoms with Crippen LogP contribution in [-0.4, -0.2) is 10.9 Å². The lowest BCUT2D eigenvalue weighted by atomic mass is 10.0. The first kappa shape index (κ1) is 16.2. The Balaban J connectivity index is 0.00000200. The molecule has 1 aromatic heterocycles. The van der Waals surface area contributed by atoms with Crippen LogP contribution in [-0.2, 0) is 6.54 Å². The van der Waals surface area contributed by atoms with Gasteiger partial charge in [0.25, 0.3) is 5.91 Å². The average Bonchev–Trinajstić information content (AvgIpc) is 2.42. The molecule has 0 aliphatic heterocycles. The number of nitrogens with one attached hydrogen (secondary N) is 1. The summed E-state index contributed by atoms with van der Waals surface area (Å²) in [5, 5.41) is 2.94. The van der Waals surface area contributed by atoms with E-state index in [1.54, 1.807) is 24.5 Å². The van der Waals surface area contributed by atoms with E-state index in [-0.39, 0.29) is 18.3 Å². The molecule has 2 aromatic rings. The zero-order valence-electron chi connectivity index (χ0n) is 11.9. The predicted molar refractivity (Wildman–Crippen MR) is 83.3 cm³/mol. The number of aromatic nitrogens is 1. The first-order valence-corrected chi connectivity index (χ1v) is 6.33. The molecule has 1 aromatic carbocycles. The van der Waals surface area contributed by atoms with Gasteiger partial charge in [0, 0.05) is 24.5 Å². The minimum Gasteiger partial charge on any atom is -0.348 e. The summed E-state index contributed by atoms with van der Waals surface area (Å²) in [6.07, 6.45) is 3.24. The van der Waals surface area contributed by atoms with Crippen LogP contribution < -0.4 is 5.32 Å². The monoisotopic (exact) mass is 290 g/mol. The van der Waals surface area contributed by atoms with Crippen molar-refractivity contribution in [1.29, 1.82) is 0 Å². The largest absolute Gasteiger partial charge is 0.348 e. The van der Waals surface area contributed by atoms with Crippen LogP contribution in [0.3, 0.4) is 0 Å². The number of amides is 1. The summed E-state index contributed by atoms with van der Waals surface area (Å²) in [7, 11) is 0. The molecule has 0 spiro atoms.